The van der Waals surface area contributed by atoms with Crippen LogP contribution in [0.4, 0.5) is 0 Å². The number of carbonyl (C=O) groups is 1. The van der Waals surface area contributed by atoms with Gasteiger partial charge < -0.3 is 18.6 Å². The first kappa shape index (κ1) is 16.4. The van der Waals surface area contributed by atoms with E-state index in [9.17, 15) is 4.79 Å². The number of likely N-dealkylation sites (tertiary alicyclic amines) is 1. The predicted octanol–water partition coefficient (Wildman–Crippen LogP) is 2.83. The van der Waals surface area contributed by atoms with Crippen molar-refractivity contribution in [3.63, 3.8) is 0 Å². The molecule has 0 atom stereocenters. The topological polar surface area (TPSA) is 81.6 Å². The molecule has 3 heterocycles. The molecule has 0 radical (unpaired) electrons. The third-order valence-corrected chi connectivity index (χ3v) is 4.35. The predicted molar refractivity (Wildman–Crippen MR) is 92.0 cm³/mol. The van der Waals surface area contributed by atoms with E-state index in [1.165, 1.54) is 12.5 Å². The summed E-state index contributed by atoms with van der Waals surface area (Å²) in [6, 6.07) is 9.56. The minimum atomic E-state index is -0.0405. The zero-order valence-corrected chi connectivity index (χ0v) is 14.4. The van der Waals surface area contributed by atoms with Crippen molar-refractivity contribution in [3.8, 4) is 5.75 Å². The summed E-state index contributed by atoms with van der Waals surface area (Å²) in [5.41, 5.74) is 1.71. The third kappa shape index (κ3) is 3.46. The average molecular weight is 353 g/mol. The minimum Gasteiger partial charge on any atom is -0.493 e. The molecule has 3 aromatic rings. The second kappa shape index (κ2) is 7.03. The molecule has 2 aromatic heterocycles. The number of hydrogen-bond donors (Lipinski definition) is 0. The van der Waals surface area contributed by atoms with Crippen LogP contribution < -0.4 is 4.74 Å². The summed E-state index contributed by atoms with van der Waals surface area (Å²) >= 11 is 0. The summed E-state index contributed by atoms with van der Waals surface area (Å²) in [5, 5.41) is 4.00. The number of aromatic nitrogens is 2. The number of ether oxygens (including phenoxy) is 1. The molecule has 1 aliphatic heterocycles. The summed E-state index contributed by atoms with van der Waals surface area (Å²) in [7, 11) is 0. The van der Waals surface area contributed by atoms with E-state index in [0.717, 1.165) is 11.3 Å². The van der Waals surface area contributed by atoms with E-state index in [2.05, 4.69) is 10.1 Å². The Kier molecular flexibility index (Phi) is 4.43. The number of furan rings is 1. The highest BCUT2D eigenvalue weighted by Gasteiger charge is 2.36. The molecule has 0 spiro atoms. The van der Waals surface area contributed by atoms with Gasteiger partial charge in [-0.2, -0.15) is 4.98 Å². The van der Waals surface area contributed by atoms with E-state index in [4.69, 9.17) is 13.7 Å². The van der Waals surface area contributed by atoms with Crippen LogP contribution in [0.5, 0.6) is 5.75 Å². The number of nitrogens with zero attached hydrogens (tertiary/aromatic N) is 3. The Morgan fingerprint density at radius 1 is 1.35 bits per heavy atom. The smallest absolute Gasteiger partial charge is 0.257 e. The number of rotatable bonds is 6. The fourth-order valence-electron chi connectivity index (χ4n) is 2.87. The minimum absolute atomic E-state index is 0.0405. The molecule has 7 heteroatoms. The van der Waals surface area contributed by atoms with Gasteiger partial charge in [0.2, 0.25) is 5.89 Å². The fraction of sp³-hybridized carbons (Fsp3) is 0.316. The van der Waals surface area contributed by atoms with E-state index in [1.54, 1.807) is 11.0 Å². The van der Waals surface area contributed by atoms with Gasteiger partial charge in [0.05, 0.1) is 24.4 Å². The summed E-state index contributed by atoms with van der Waals surface area (Å²) < 4.78 is 16.0. The quantitative estimate of drug-likeness (QED) is 0.678. The number of carbonyl (C=O) groups excluding carboxylic acids is 1. The van der Waals surface area contributed by atoms with Gasteiger partial charge in [-0.3, -0.25) is 4.79 Å². The van der Waals surface area contributed by atoms with Crippen molar-refractivity contribution in [1.29, 1.82) is 0 Å². The SMILES string of the molecule is Cc1cccc(OCCc2noc(C3CN(C(=O)c4ccoc4)C3)n2)c1. The van der Waals surface area contributed by atoms with Crippen LogP contribution in [0.2, 0.25) is 0 Å². The highest BCUT2D eigenvalue weighted by molar-refractivity contribution is 5.94. The first-order valence-electron chi connectivity index (χ1n) is 8.52. The first-order valence-corrected chi connectivity index (χ1v) is 8.52. The number of hydrogen-bond acceptors (Lipinski definition) is 6. The lowest BCUT2D eigenvalue weighted by Crippen LogP contribution is -2.48. The Bertz CT molecular complexity index is 882. The molecular weight excluding hydrogens is 334 g/mol. The van der Waals surface area contributed by atoms with Gasteiger partial charge in [0.15, 0.2) is 5.82 Å². The highest BCUT2D eigenvalue weighted by Crippen LogP contribution is 2.27. The van der Waals surface area contributed by atoms with Gasteiger partial charge in [-0.15, -0.1) is 0 Å². The van der Waals surface area contributed by atoms with Crippen molar-refractivity contribution in [2.75, 3.05) is 19.7 Å². The van der Waals surface area contributed by atoms with Crippen LogP contribution in [0.3, 0.4) is 0 Å². The Balaban J connectivity index is 1.26. The van der Waals surface area contributed by atoms with Crippen LogP contribution in [0, 0.1) is 6.92 Å². The van der Waals surface area contributed by atoms with Crippen molar-refractivity contribution >= 4 is 5.91 Å². The lowest BCUT2D eigenvalue weighted by atomic mass is 9.99. The molecule has 0 N–H and O–H groups in total. The molecule has 4 rings (SSSR count). The zero-order chi connectivity index (χ0) is 17.9. The van der Waals surface area contributed by atoms with Crippen LogP contribution in [-0.2, 0) is 6.42 Å². The molecule has 1 saturated heterocycles. The van der Waals surface area contributed by atoms with Gasteiger partial charge in [-0.1, -0.05) is 17.3 Å². The lowest BCUT2D eigenvalue weighted by Gasteiger charge is -2.36. The van der Waals surface area contributed by atoms with E-state index in [1.807, 2.05) is 31.2 Å². The Morgan fingerprint density at radius 2 is 2.23 bits per heavy atom. The maximum Gasteiger partial charge on any atom is 0.257 e. The summed E-state index contributed by atoms with van der Waals surface area (Å²) in [6.45, 7) is 3.66. The van der Waals surface area contributed by atoms with E-state index < -0.39 is 0 Å². The van der Waals surface area contributed by atoms with E-state index in [0.29, 0.717) is 43.4 Å². The molecule has 1 aliphatic rings. The summed E-state index contributed by atoms with van der Waals surface area (Å²) in [5.74, 6) is 2.08. The maximum absolute atomic E-state index is 12.2. The van der Waals surface area contributed by atoms with Gasteiger partial charge in [-0.25, -0.2) is 0 Å². The molecule has 26 heavy (non-hydrogen) atoms. The molecule has 0 unspecified atom stereocenters. The molecule has 1 amide bonds. The van der Waals surface area contributed by atoms with Crippen molar-refractivity contribution in [3.05, 3.63) is 65.7 Å². The monoisotopic (exact) mass is 353 g/mol. The van der Waals surface area contributed by atoms with Crippen LogP contribution in [0.1, 0.15) is 33.6 Å². The normalized spacial score (nSPS) is 14.3. The van der Waals surface area contributed by atoms with Gasteiger partial charge in [0.25, 0.3) is 5.91 Å². The average Bonchev–Trinajstić information content (AvgIpc) is 3.25. The van der Waals surface area contributed by atoms with Crippen LogP contribution in [-0.4, -0.2) is 40.6 Å². The van der Waals surface area contributed by atoms with Crippen LogP contribution in [0.15, 0.2) is 51.8 Å². The third-order valence-electron chi connectivity index (χ3n) is 4.35. The van der Waals surface area contributed by atoms with E-state index in [-0.39, 0.29) is 11.8 Å². The Hall–Kier alpha value is -3.09. The van der Waals surface area contributed by atoms with Crippen molar-refractivity contribution in [1.82, 2.24) is 15.0 Å². The lowest BCUT2D eigenvalue weighted by molar-refractivity contribution is 0.0568. The number of benzene rings is 1. The van der Waals surface area contributed by atoms with Crippen molar-refractivity contribution in [2.24, 2.45) is 0 Å². The zero-order valence-electron chi connectivity index (χ0n) is 14.4. The maximum atomic E-state index is 12.2. The standard InChI is InChI=1S/C19H19N3O4/c1-13-3-2-4-16(9-13)25-8-6-17-20-18(26-21-17)15-10-22(11-15)19(23)14-5-7-24-12-14/h2-5,7,9,12,15H,6,8,10-11H2,1H3. The second-order valence-electron chi connectivity index (χ2n) is 6.38. The summed E-state index contributed by atoms with van der Waals surface area (Å²) in [6.07, 6.45) is 3.52. The van der Waals surface area contributed by atoms with Gasteiger partial charge in [0, 0.05) is 19.5 Å². The molecule has 7 nitrogen and oxygen atoms in total. The highest BCUT2D eigenvalue weighted by atomic mass is 16.5. The number of amides is 1. The molecule has 0 aliphatic carbocycles. The first-order chi connectivity index (χ1) is 12.7. The van der Waals surface area contributed by atoms with Crippen molar-refractivity contribution in [2.45, 2.75) is 19.3 Å². The fourth-order valence-corrected chi connectivity index (χ4v) is 2.87. The van der Waals surface area contributed by atoms with Crippen LogP contribution >= 0.6 is 0 Å². The van der Waals surface area contributed by atoms with Crippen LogP contribution in [0.25, 0.3) is 0 Å². The molecule has 1 fully saturated rings. The van der Waals surface area contributed by atoms with Gasteiger partial charge >= 0.3 is 0 Å². The Morgan fingerprint density at radius 3 is 3.00 bits per heavy atom. The molecule has 134 valence electrons. The molecule has 0 bridgehead atoms. The van der Waals surface area contributed by atoms with Gasteiger partial charge in [0.1, 0.15) is 12.0 Å². The van der Waals surface area contributed by atoms with E-state index >= 15 is 0 Å². The molecule has 0 saturated carbocycles. The molecular formula is C19H19N3O4. The molecule has 1 aromatic carbocycles. The second-order valence-corrected chi connectivity index (χ2v) is 6.38. The largest absolute Gasteiger partial charge is 0.493 e. The van der Waals surface area contributed by atoms with Crippen molar-refractivity contribution < 1.29 is 18.5 Å². The van der Waals surface area contributed by atoms with Gasteiger partial charge in [-0.05, 0) is 30.7 Å². The Labute approximate surface area is 150 Å². The summed E-state index contributed by atoms with van der Waals surface area (Å²) in [4.78, 5) is 18.3. The number of aryl methyl sites for hydroxylation is 1.